The molecular formula is C15H16O. The van der Waals surface area contributed by atoms with Crippen LogP contribution in [0.5, 0.6) is 0 Å². The molecule has 2 aromatic rings. The lowest BCUT2D eigenvalue weighted by atomic mass is 9.88. The summed E-state index contributed by atoms with van der Waals surface area (Å²) in [4.78, 5) is 0. The SMILES string of the molecule is OC1(c2cccc3ccccc23)CCCC1. The van der Waals surface area contributed by atoms with Crippen molar-refractivity contribution in [1.82, 2.24) is 0 Å². The molecule has 0 amide bonds. The maximum atomic E-state index is 10.7. The van der Waals surface area contributed by atoms with Gasteiger partial charge < -0.3 is 5.11 Å². The monoisotopic (exact) mass is 212 g/mol. The minimum absolute atomic E-state index is 0.582. The Labute approximate surface area is 95.7 Å². The molecule has 0 spiro atoms. The van der Waals surface area contributed by atoms with Crippen LogP contribution in [0.4, 0.5) is 0 Å². The Morgan fingerprint density at radius 3 is 2.38 bits per heavy atom. The smallest absolute Gasteiger partial charge is 0.0902 e. The number of hydrogen-bond donors (Lipinski definition) is 1. The second-order valence-corrected chi connectivity index (χ2v) is 4.77. The van der Waals surface area contributed by atoms with Crippen LogP contribution >= 0.6 is 0 Å². The van der Waals surface area contributed by atoms with Gasteiger partial charge in [-0.3, -0.25) is 0 Å². The molecule has 1 aliphatic rings. The first kappa shape index (κ1) is 9.86. The molecule has 0 radical (unpaired) electrons. The zero-order valence-electron chi connectivity index (χ0n) is 9.32. The van der Waals surface area contributed by atoms with E-state index in [1.165, 1.54) is 10.8 Å². The molecule has 2 aromatic carbocycles. The van der Waals surface area contributed by atoms with Gasteiger partial charge in [-0.05, 0) is 29.2 Å². The minimum Gasteiger partial charge on any atom is -0.385 e. The van der Waals surface area contributed by atoms with Crippen LogP contribution < -0.4 is 0 Å². The lowest BCUT2D eigenvalue weighted by molar-refractivity contribution is 0.0460. The van der Waals surface area contributed by atoms with Crippen molar-refractivity contribution in [3.63, 3.8) is 0 Å². The topological polar surface area (TPSA) is 20.2 Å². The van der Waals surface area contributed by atoms with E-state index in [0.29, 0.717) is 0 Å². The Morgan fingerprint density at radius 1 is 0.875 bits per heavy atom. The molecule has 1 fully saturated rings. The van der Waals surface area contributed by atoms with Crippen LogP contribution in [-0.2, 0) is 5.60 Å². The Morgan fingerprint density at radius 2 is 1.56 bits per heavy atom. The number of fused-ring (bicyclic) bond motifs is 1. The van der Waals surface area contributed by atoms with Crippen LogP contribution in [0.15, 0.2) is 42.5 Å². The molecule has 0 atom stereocenters. The summed E-state index contributed by atoms with van der Waals surface area (Å²) in [5.41, 5.74) is 0.532. The van der Waals surface area contributed by atoms with Crippen molar-refractivity contribution in [2.24, 2.45) is 0 Å². The van der Waals surface area contributed by atoms with Gasteiger partial charge in [-0.1, -0.05) is 55.3 Å². The molecule has 1 N–H and O–H groups in total. The van der Waals surface area contributed by atoms with Crippen molar-refractivity contribution in [3.8, 4) is 0 Å². The van der Waals surface area contributed by atoms with Crippen LogP contribution in [0.2, 0.25) is 0 Å². The van der Waals surface area contributed by atoms with E-state index in [1.807, 2.05) is 18.2 Å². The standard InChI is InChI=1S/C15H16O/c16-15(10-3-4-11-15)14-9-5-7-12-6-1-2-8-13(12)14/h1-2,5-9,16H,3-4,10-11H2. The highest BCUT2D eigenvalue weighted by Crippen LogP contribution is 2.41. The predicted octanol–water partition coefficient (Wildman–Crippen LogP) is 3.60. The summed E-state index contributed by atoms with van der Waals surface area (Å²) < 4.78 is 0. The first-order valence-corrected chi connectivity index (χ1v) is 6.00. The highest BCUT2D eigenvalue weighted by Gasteiger charge is 2.33. The fourth-order valence-electron chi connectivity index (χ4n) is 2.86. The minimum atomic E-state index is -0.582. The average Bonchev–Trinajstić information content (AvgIpc) is 2.77. The van der Waals surface area contributed by atoms with E-state index in [2.05, 4.69) is 24.3 Å². The van der Waals surface area contributed by atoms with E-state index in [9.17, 15) is 5.11 Å². The predicted molar refractivity (Wildman–Crippen MR) is 66.3 cm³/mol. The summed E-state index contributed by atoms with van der Waals surface area (Å²) >= 11 is 0. The summed E-state index contributed by atoms with van der Waals surface area (Å²) in [6.45, 7) is 0. The van der Waals surface area contributed by atoms with Gasteiger partial charge in [0.05, 0.1) is 5.60 Å². The van der Waals surface area contributed by atoms with Crippen molar-refractivity contribution in [2.75, 3.05) is 0 Å². The second kappa shape index (κ2) is 3.60. The largest absolute Gasteiger partial charge is 0.385 e. The molecular weight excluding hydrogens is 196 g/mol. The van der Waals surface area contributed by atoms with Crippen LogP contribution in [0.1, 0.15) is 31.2 Å². The first-order valence-electron chi connectivity index (χ1n) is 6.00. The van der Waals surface area contributed by atoms with Crippen molar-refractivity contribution in [1.29, 1.82) is 0 Å². The Bertz CT molecular complexity index is 504. The van der Waals surface area contributed by atoms with Crippen molar-refractivity contribution in [3.05, 3.63) is 48.0 Å². The molecule has 1 nitrogen and oxygen atoms in total. The van der Waals surface area contributed by atoms with Crippen LogP contribution in [0.25, 0.3) is 10.8 Å². The Kier molecular flexibility index (Phi) is 2.22. The van der Waals surface area contributed by atoms with E-state index in [0.717, 1.165) is 31.2 Å². The molecule has 0 heterocycles. The van der Waals surface area contributed by atoms with Gasteiger partial charge in [0.15, 0.2) is 0 Å². The maximum absolute atomic E-state index is 10.7. The van der Waals surface area contributed by atoms with E-state index >= 15 is 0 Å². The Balaban J connectivity index is 2.23. The van der Waals surface area contributed by atoms with E-state index in [1.54, 1.807) is 0 Å². The zero-order valence-corrected chi connectivity index (χ0v) is 9.32. The number of hydrogen-bond acceptors (Lipinski definition) is 1. The number of benzene rings is 2. The quantitative estimate of drug-likeness (QED) is 0.765. The third-order valence-electron chi connectivity index (χ3n) is 3.72. The van der Waals surface area contributed by atoms with Gasteiger partial charge in [-0.15, -0.1) is 0 Å². The summed E-state index contributed by atoms with van der Waals surface area (Å²) in [6, 6.07) is 14.5. The summed E-state index contributed by atoms with van der Waals surface area (Å²) in [5, 5.41) is 13.1. The van der Waals surface area contributed by atoms with Gasteiger partial charge in [0.2, 0.25) is 0 Å². The summed E-state index contributed by atoms with van der Waals surface area (Å²) in [5.74, 6) is 0. The highest BCUT2D eigenvalue weighted by atomic mass is 16.3. The lowest BCUT2D eigenvalue weighted by Gasteiger charge is -2.24. The van der Waals surface area contributed by atoms with Crippen LogP contribution in [0, 0.1) is 0 Å². The van der Waals surface area contributed by atoms with E-state index in [-0.39, 0.29) is 0 Å². The summed E-state index contributed by atoms with van der Waals surface area (Å²) in [6.07, 6.45) is 4.08. The van der Waals surface area contributed by atoms with Crippen LogP contribution in [-0.4, -0.2) is 5.11 Å². The molecule has 82 valence electrons. The molecule has 0 bridgehead atoms. The molecule has 3 rings (SSSR count). The maximum Gasteiger partial charge on any atom is 0.0902 e. The van der Waals surface area contributed by atoms with Gasteiger partial charge in [0.25, 0.3) is 0 Å². The van der Waals surface area contributed by atoms with Gasteiger partial charge in [0.1, 0.15) is 0 Å². The molecule has 0 unspecified atom stereocenters. The lowest BCUT2D eigenvalue weighted by Crippen LogP contribution is -2.21. The van der Waals surface area contributed by atoms with Crippen molar-refractivity contribution >= 4 is 10.8 Å². The van der Waals surface area contributed by atoms with Crippen molar-refractivity contribution < 1.29 is 5.11 Å². The molecule has 0 aliphatic heterocycles. The van der Waals surface area contributed by atoms with Gasteiger partial charge >= 0.3 is 0 Å². The molecule has 0 saturated heterocycles. The zero-order chi connectivity index (χ0) is 11.0. The third-order valence-corrected chi connectivity index (χ3v) is 3.72. The van der Waals surface area contributed by atoms with Crippen molar-refractivity contribution in [2.45, 2.75) is 31.3 Å². The number of aliphatic hydroxyl groups is 1. The number of rotatable bonds is 1. The van der Waals surface area contributed by atoms with E-state index < -0.39 is 5.60 Å². The molecule has 1 heteroatoms. The summed E-state index contributed by atoms with van der Waals surface area (Å²) in [7, 11) is 0. The molecule has 1 saturated carbocycles. The van der Waals surface area contributed by atoms with Gasteiger partial charge in [-0.25, -0.2) is 0 Å². The first-order chi connectivity index (χ1) is 7.80. The second-order valence-electron chi connectivity index (χ2n) is 4.77. The third kappa shape index (κ3) is 1.43. The fourth-order valence-corrected chi connectivity index (χ4v) is 2.86. The normalized spacial score (nSPS) is 19.1. The van der Waals surface area contributed by atoms with Gasteiger partial charge in [0, 0.05) is 0 Å². The van der Waals surface area contributed by atoms with Gasteiger partial charge in [-0.2, -0.15) is 0 Å². The highest BCUT2D eigenvalue weighted by molar-refractivity contribution is 5.86. The molecule has 0 aromatic heterocycles. The Hall–Kier alpha value is -1.34. The fraction of sp³-hybridized carbons (Fsp3) is 0.333. The molecule has 1 aliphatic carbocycles. The average molecular weight is 212 g/mol. The van der Waals surface area contributed by atoms with Crippen LogP contribution in [0.3, 0.4) is 0 Å². The molecule has 16 heavy (non-hydrogen) atoms. The van der Waals surface area contributed by atoms with E-state index in [4.69, 9.17) is 0 Å².